The number of likely N-dealkylation sites (tertiary alicyclic amines) is 1. The second-order valence-electron chi connectivity index (χ2n) is 9.32. The fourth-order valence-electron chi connectivity index (χ4n) is 4.83. The molecule has 2 N–H and O–H groups in total. The van der Waals surface area contributed by atoms with E-state index in [1.807, 2.05) is 0 Å². The lowest BCUT2D eigenvalue weighted by Crippen LogP contribution is -2.45. The minimum atomic E-state index is -0.644. The van der Waals surface area contributed by atoms with Crippen molar-refractivity contribution < 1.29 is 19.8 Å². The molecule has 176 valence electrons. The summed E-state index contributed by atoms with van der Waals surface area (Å²) in [6.07, 6.45) is 4.08. The van der Waals surface area contributed by atoms with Crippen molar-refractivity contribution in [2.75, 3.05) is 31.1 Å². The average Bonchev–Trinajstić information content (AvgIpc) is 3.60. The summed E-state index contributed by atoms with van der Waals surface area (Å²) in [7, 11) is 0. The fraction of sp³-hybridized carbons (Fsp3) is 0.462. The number of benzene rings is 2. The molecule has 0 unspecified atom stereocenters. The maximum absolute atomic E-state index is 11.1. The summed E-state index contributed by atoms with van der Waals surface area (Å²) in [6.45, 7) is 4.49. The van der Waals surface area contributed by atoms with Gasteiger partial charge in [-0.15, -0.1) is 0 Å². The van der Waals surface area contributed by atoms with Gasteiger partial charge in [0.15, 0.2) is 0 Å². The molecule has 5 rings (SSSR count). The van der Waals surface area contributed by atoms with Gasteiger partial charge in [-0.3, -0.25) is 14.5 Å². The van der Waals surface area contributed by atoms with E-state index in [2.05, 4.69) is 52.3 Å². The van der Waals surface area contributed by atoms with Crippen molar-refractivity contribution in [2.45, 2.75) is 44.1 Å². The van der Waals surface area contributed by atoms with Crippen molar-refractivity contribution in [1.82, 2.24) is 4.90 Å². The predicted molar refractivity (Wildman–Crippen MR) is 129 cm³/mol. The second-order valence-corrected chi connectivity index (χ2v) is 9.72. The Morgan fingerprint density at radius 3 is 2.18 bits per heavy atom. The number of anilines is 1. The Kier molecular flexibility index (Phi) is 7.56. The summed E-state index contributed by atoms with van der Waals surface area (Å²) in [6, 6.07) is 15.6. The lowest BCUT2D eigenvalue weighted by Gasteiger charge is -2.41. The predicted octanol–water partition coefficient (Wildman–Crippen LogP) is 4.82. The standard InChI is InChI=1S/C25H29ClN2O2.CH2O2/c26-24-13-22(7-8-23(24)19-5-6-19)28-15-21(16-28)18-3-1-17(2-4-18)14-27-11-9-20(10-12-27)25(29)30;2-1-3/h1-4,7-8,13,19-21H,5-6,9-12,14-16H2,(H,29,30);1H,(H,2,3). The molecular formula is C26H31ClN2O4. The first kappa shape index (κ1) is 23.6. The van der Waals surface area contributed by atoms with Crippen LogP contribution in [0.2, 0.25) is 5.02 Å². The minimum Gasteiger partial charge on any atom is -0.483 e. The third-order valence-electron chi connectivity index (χ3n) is 7.04. The maximum Gasteiger partial charge on any atom is 0.306 e. The topological polar surface area (TPSA) is 81.1 Å². The molecule has 2 aromatic carbocycles. The van der Waals surface area contributed by atoms with E-state index >= 15 is 0 Å². The summed E-state index contributed by atoms with van der Waals surface area (Å²) < 4.78 is 0. The molecule has 3 aliphatic rings. The number of piperidine rings is 1. The second kappa shape index (κ2) is 10.6. The van der Waals surface area contributed by atoms with E-state index < -0.39 is 5.97 Å². The highest BCUT2D eigenvalue weighted by molar-refractivity contribution is 6.31. The van der Waals surface area contributed by atoms with Crippen LogP contribution < -0.4 is 4.90 Å². The minimum absolute atomic E-state index is 0.162. The van der Waals surface area contributed by atoms with Gasteiger partial charge in [-0.05, 0) is 73.5 Å². The van der Waals surface area contributed by atoms with Gasteiger partial charge in [0.2, 0.25) is 0 Å². The molecule has 2 aromatic rings. The van der Waals surface area contributed by atoms with Gasteiger partial charge in [-0.25, -0.2) is 0 Å². The summed E-state index contributed by atoms with van der Waals surface area (Å²) in [5.74, 6) is 0.463. The SMILES string of the molecule is O=C(O)C1CCN(Cc2ccc(C3CN(c4ccc(C5CC5)c(Cl)c4)C3)cc2)CC1.O=CO. The van der Waals surface area contributed by atoms with E-state index in [9.17, 15) is 4.79 Å². The van der Waals surface area contributed by atoms with Gasteiger partial charge in [0.25, 0.3) is 6.47 Å². The van der Waals surface area contributed by atoms with Gasteiger partial charge in [0, 0.05) is 36.3 Å². The molecule has 0 radical (unpaired) electrons. The quantitative estimate of drug-likeness (QED) is 0.589. The van der Waals surface area contributed by atoms with Crippen LogP contribution in [0.5, 0.6) is 0 Å². The van der Waals surface area contributed by atoms with E-state index in [0.29, 0.717) is 11.8 Å². The van der Waals surface area contributed by atoms with Crippen LogP contribution in [0, 0.1) is 5.92 Å². The fourth-order valence-corrected chi connectivity index (χ4v) is 5.16. The van der Waals surface area contributed by atoms with E-state index in [-0.39, 0.29) is 12.4 Å². The van der Waals surface area contributed by atoms with Crippen LogP contribution in [0.25, 0.3) is 0 Å². The highest BCUT2D eigenvalue weighted by Gasteiger charge is 2.30. The van der Waals surface area contributed by atoms with Gasteiger partial charge in [0.1, 0.15) is 0 Å². The molecule has 33 heavy (non-hydrogen) atoms. The number of halogens is 1. The molecule has 2 saturated heterocycles. The van der Waals surface area contributed by atoms with E-state index in [0.717, 1.165) is 50.6 Å². The van der Waals surface area contributed by atoms with E-state index in [1.54, 1.807) is 0 Å². The zero-order valence-corrected chi connectivity index (χ0v) is 19.5. The number of rotatable bonds is 6. The molecule has 0 amide bonds. The van der Waals surface area contributed by atoms with Crippen LogP contribution in [0.1, 0.15) is 54.2 Å². The Balaban J connectivity index is 0.000000821. The molecule has 1 aliphatic carbocycles. The third-order valence-corrected chi connectivity index (χ3v) is 7.37. The van der Waals surface area contributed by atoms with Crippen molar-refractivity contribution in [1.29, 1.82) is 0 Å². The molecule has 0 aromatic heterocycles. The van der Waals surface area contributed by atoms with E-state index in [4.69, 9.17) is 26.6 Å². The Morgan fingerprint density at radius 1 is 1.00 bits per heavy atom. The largest absolute Gasteiger partial charge is 0.483 e. The Bertz CT molecular complexity index is 963. The number of carbonyl (C=O) groups is 2. The molecule has 1 saturated carbocycles. The number of aliphatic carboxylic acids is 1. The van der Waals surface area contributed by atoms with Crippen LogP contribution in [0.15, 0.2) is 42.5 Å². The van der Waals surface area contributed by atoms with Gasteiger partial charge in [-0.2, -0.15) is 0 Å². The molecule has 2 aliphatic heterocycles. The van der Waals surface area contributed by atoms with E-state index in [1.165, 1.54) is 35.2 Å². The Morgan fingerprint density at radius 2 is 1.64 bits per heavy atom. The molecule has 2 heterocycles. The Labute approximate surface area is 199 Å². The first-order valence-corrected chi connectivity index (χ1v) is 12.0. The number of hydrogen-bond acceptors (Lipinski definition) is 4. The van der Waals surface area contributed by atoms with Crippen molar-refractivity contribution in [3.05, 3.63) is 64.2 Å². The molecule has 3 fully saturated rings. The number of carboxylic acid groups (broad SMARTS) is 2. The monoisotopic (exact) mass is 470 g/mol. The normalized spacial score (nSPS) is 19.4. The number of hydrogen-bond donors (Lipinski definition) is 2. The maximum atomic E-state index is 11.1. The smallest absolute Gasteiger partial charge is 0.306 e. The summed E-state index contributed by atoms with van der Waals surface area (Å²) in [4.78, 5) is 24.2. The number of carboxylic acids is 1. The molecule has 0 atom stereocenters. The first-order valence-electron chi connectivity index (χ1n) is 11.6. The lowest BCUT2D eigenvalue weighted by atomic mass is 9.90. The van der Waals surface area contributed by atoms with Gasteiger partial charge >= 0.3 is 5.97 Å². The molecule has 6 nitrogen and oxygen atoms in total. The van der Waals surface area contributed by atoms with Crippen LogP contribution in [-0.2, 0) is 16.1 Å². The van der Waals surface area contributed by atoms with Crippen molar-refractivity contribution in [3.63, 3.8) is 0 Å². The highest BCUT2D eigenvalue weighted by Crippen LogP contribution is 2.44. The molecular weight excluding hydrogens is 440 g/mol. The van der Waals surface area contributed by atoms with Crippen molar-refractivity contribution in [2.24, 2.45) is 5.92 Å². The van der Waals surface area contributed by atoms with Crippen LogP contribution in [-0.4, -0.2) is 53.7 Å². The van der Waals surface area contributed by atoms with Crippen LogP contribution in [0.4, 0.5) is 5.69 Å². The zero-order chi connectivity index (χ0) is 23.4. The number of nitrogens with zero attached hydrogens (tertiary/aromatic N) is 2. The van der Waals surface area contributed by atoms with Crippen LogP contribution in [0.3, 0.4) is 0 Å². The first-order chi connectivity index (χ1) is 16.0. The average molecular weight is 471 g/mol. The third kappa shape index (κ3) is 5.87. The highest BCUT2D eigenvalue weighted by atomic mass is 35.5. The van der Waals surface area contributed by atoms with Gasteiger partial charge < -0.3 is 15.1 Å². The summed E-state index contributed by atoms with van der Waals surface area (Å²) in [5, 5.41) is 17.0. The zero-order valence-electron chi connectivity index (χ0n) is 18.7. The van der Waals surface area contributed by atoms with Gasteiger partial charge in [0.05, 0.1) is 5.92 Å². The molecule has 0 spiro atoms. The van der Waals surface area contributed by atoms with Crippen molar-refractivity contribution >= 4 is 29.7 Å². The molecule has 7 heteroatoms. The Hall–Kier alpha value is -2.57. The molecule has 0 bridgehead atoms. The lowest BCUT2D eigenvalue weighted by molar-refractivity contribution is -0.143. The van der Waals surface area contributed by atoms with Gasteiger partial charge in [-0.1, -0.05) is 41.9 Å². The summed E-state index contributed by atoms with van der Waals surface area (Å²) >= 11 is 6.50. The summed E-state index contributed by atoms with van der Waals surface area (Å²) in [5.41, 5.74) is 5.27. The van der Waals surface area contributed by atoms with Crippen LogP contribution >= 0.6 is 11.6 Å². The van der Waals surface area contributed by atoms with Crippen molar-refractivity contribution in [3.8, 4) is 0 Å².